The van der Waals surface area contributed by atoms with Gasteiger partial charge in [0.2, 0.25) is 0 Å². The molecule has 2 heteroatoms. The summed E-state index contributed by atoms with van der Waals surface area (Å²) in [6.45, 7) is 17.2. The van der Waals surface area contributed by atoms with E-state index in [-0.39, 0.29) is 5.54 Å². The maximum atomic E-state index is 3.61. The zero-order valence-electron chi connectivity index (χ0n) is 13.0. The molecule has 0 aromatic carbocycles. The highest BCUT2D eigenvalue weighted by Crippen LogP contribution is 2.06. The Morgan fingerprint density at radius 1 is 1.00 bits per heavy atom. The first-order valence-electron chi connectivity index (χ1n) is 7.39. The van der Waals surface area contributed by atoms with Gasteiger partial charge >= 0.3 is 0 Å². The Morgan fingerprint density at radius 2 is 1.47 bits per heavy atom. The van der Waals surface area contributed by atoms with Crippen molar-refractivity contribution in [2.75, 3.05) is 19.6 Å². The largest absolute Gasteiger partial charge is 0.311 e. The van der Waals surface area contributed by atoms with Crippen LogP contribution in [0.25, 0.3) is 0 Å². The minimum Gasteiger partial charge on any atom is -0.311 e. The summed E-state index contributed by atoms with van der Waals surface area (Å²) in [6, 6.07) is 0.646. The quantitative estimate of drug-likeness (QED) is 0.664. The van der Waals surface area contributed by atoms with Crippen molar-refractivity contribution in [2.45, 2.75) is 78.8 Å². The topological polar surface area (TPSA) is 15.3 Å². The van der Waals surface area contributed by atoms with E-state index in [2.05, 4.69) is 51.8 Å². The SMILES string of the molecule is CCCCN(CCCC)C(C)CNC(C)(C)C. The predicted molar refractivity (Wildman–Crippen MR) is 78.6 cm³/mol. The van der Waals surface area contributed by atoms with Crippen LogP contribution in [0.3, 0.4) is 0 Å². The summed E-state index contributed by atoms with van der Waals surface area (Å²) in [5.41, 5.74) is 0.232. The Balaban J connectivity index is 4.06. The highest BCUT2D eigenvalue weighted by atomic mass is 15.2. The van der Waals surface area contributed by atoms with Gasteiger partial charge in [0.15, 0.2) is 0 Å². The Kier molecular flexibility index (Phi) is 8.89. The fourth-order valence-electron chi connectivity index (χ4n) is 1.86. The molecular formula is C15H34N2. The standard InChI is InChI=1S/C15H34N2/c1-7-9-11-17(12-10-8-2)14(3)13-16-15(4,5)6/h14,16H,7-13H2,1-6H3. The average Bonchev–Trinajstić information content (AvgIpc) is 2.25. The molecule has 0 saturated carbocycles. The fraction of sp³-hybridized carbons (Fsp3) is 1.00. The van der Waals surface area contributed by atoms with E-state index in [1.807, 2.05) is 0 Å². The first-order valence-corrected chi connectivity index (χ1v) is 7.39. The van der Waals surface area contributed by atoms with Crippen LogP contribution in [0.4, 0.5) is 0 Å². The highest BCUT2D eigenvalue weighted by molar-refractivity contribution is 4.76. The summed E-state index contributed by atoms with van der Waals surface area (Å²) in [5.74, 6) is 0. The van der Waals surface area contributed by atoms with Crippen molar-refractivity contribution in [3.05, 3.63) is 0 Å². The molecule has 17 heavy (non-hydrogen) atoms. The van der Waals surface area contributed by atoms with Crippen molar-refractivity contribution in [1.82, 2.24) is 10.2 Å². The number of rotatable bonds is 9. The number of hydrogen-bond donors (Lipinski definition) is 1. The van der Waals surface area contributed by atoms with Gasteiger partial charge < -0.3 is 5.32 Å². The van der Waals surface area contributed by atoms with Crippen LogP contribution >= 0.6 is 0 Å². The van der Waals surface area contributed by atoms with Crippen molar-refractivity contribution in [3.63, 3.8) is 0 Å². The third kappa shape index (κ3) is 9.61. The third-order valence-electron chi connectivity index (χ3n) is 3.15. The van der Waals surface area contributed by atoms with Crippen LogP contribution in [-0.4, -0.2) is 36.1 Å². The van der Waals surface area contributed by atoms with Crippen molar-refractivity contribution in [1.29, 1.82) is 0 Å². The lowest BCUT2D eigenvalue weighted by atomic mass is 10.1. The van der Waals surface area contributed by atoms with E-state index in [4.69, 9.17) is 0 Å². The van der Waals surface area contributed by atoms with Crippen LogP contribution in [0.2, 0.25) is 0 Å². The molecule has 2 nitrogen and oxygen atoms in total. The van der Waals surface area contributed by atoms with Gasteiger partial charge in [-0.25, -0.2) is 0 Å². The van der Waals surface area contributed by atoms with Gasteiger partial charge in [0.05, 0.1) is 0 Å². The molecule has 0 amide bonds. The van der Waals surface area contributed by atoms with Crippen LogP contribution in [-0.2, 0) is 0 Å². The first kappa shape index (κ1) is 16.9. The van der Waals surface area contributed by atoms with Crippen LogP contribution in [0.15, 0.2) is 0 Å². The molecule has 0 saturated heterocycles. The van der Waals surface area contributed by atoms with E-state index in [1.54, 1.807) is 0 Å². The van der Waals surface area contributed by atoms with Crippen LogP contribution in [0.5, 0.6) is 0 Å². The van der Waals surface area contributed by atoms with Gasteiger partial charge in [-0.1, -0.05) is 26.7 Å². The summed E-state index contributed by atoms with van der Waals surface area (Å²) < 4.78 is 0. The molecular weight excluding hydrogens is 208 g/mol. The zero-order chi connectivity index (χ0) is 13.3. The minimum atomic E-state index is 0.232. The third-order valence-corrected chi connectivity index (χ3v) is 3.15. The van der Waals surface area contributed by atoms with E-state index < -0.39 is 0 Å². The second kappa shape index (κ2) is 8.93. The molecule has 0 spiro atoms. The summed E-state index contributed by atoms with van der Waals surface area (Å²) >= 11 is 0. The molecule has 0 radical (unpaired) electrons. The van der Waals surface area contributed by atoms with E-state index in [0.717, 1.165) is 6.54 Å². The molecule has 104 valence electrons. The van der Waals surface area contributed by atoms with Gasteiger partial charge in [0.1, 0.15) is 0 Å². The van der Waals surface area contributed by atoms with Gasteiger partial charge in [-0.2, -0.15) is 0 Å². The Hall–Kier alpha value is -0.0800. The second-order valence-electron chi connectivity index (χ2n) is 6.22. The molecule has 1 N–H and O–H groups in total. The summed E-state index contributed by atoms with van der Waals surface area (Å²) in [7, 11) is 0. The zero-order valence-corrected chi connectivity index (χ0v) is 13.0. The van der Waals surface area contributed by atoms with Gasteiger partial charge in [0.25, 0.3) is 0 Å². The predicted octanol–water partition coefficient (Wildman–Crippen LogP) is 3.67. The number of nitrogens with one attached hydrogen (secondary N) is 1. The Bertz CT molecular complexity index is 164. The first-order chi connectivity index (χ1) is 7.90. The lowest BCUT2D eigenvalue weighted by Crippen LogP contribution is -2.46. The molecule has 0 bridgehead atoms. The van der Waals surface area contributed by atoms with Crippen molar-refractivity contribution >= 4 is 0 Å². The fourth-order valence-corrected chi connectivity index (χ4v) is 1.86. The van der Waals surface area contributed by atoms with Crippen LogP contribution in [0, 0.1) is 0 Å². The van der Waals surface area contributed by atoms with E-state index in [0.29, 0.717) is 6.04 Å². The summed E-state index contributed by atoms with van der Waals surface area (Å²) in [5, 5.41) is 3.61. The van der Waals surface area contributed by atoms with E-state index in [9.17, 15) is 0 Å². The van der Waals surface area contributed by atoms with Crippen LogP contribution in [0.1, 0.15) is 67.2 Å². The van der Waals surface area contributed by atoms with Crippen molar-refractivity contribution in [3.8, 4) is 0 Å². The lowest BCUT2D eigenvalue weighted by molar-refractivity contribution is 0.189. The van der Waals surface area contributed by atoms with Crippen LogP contribution < -0.4 is 5.32 Å². The molecule has 0 heterocycles. The normalized spacial score (nSPS) is 14.3. The molecule has 0 aliphatic heterocycles. The Labute approximate surface area is 109 Å². The molecule has 0 aromatic rings. The average molecular weight is 242 g/mol. The smallest absolute Gasteiger partial charge is 0.0192 e. The number of unbranched alkanes of at least 4 members (excludes halogenated alkanes) is 2. The van der Waals surface area contributed by atoms with Gasteiger partial charge in [0, 0.05) is 18.1 Å². The van der Waals surface area contributed by atoms with Crippen molar-refractivity contribution in [2.24, 2.45) is 0 Å². The van der Waals surface area contributed by atoms with Gasteiger partial charge in [-0.15, -0.1) is 0 Å². The highest BCUT2D eigenvalue weighted by Gasteiger charge is 2.16. The molecule has 0 aliphatic carbocycles. The molecule has 1 unspecified atom stereocenters. The molecule has 0 fully saturated rings. The molecule has 1 atom stereocenters. The van der Waals surface area contributed by atoms with Gasteiger partial charge in [-0.3, -0.25) is 4.90 Å². The maximum Gasteiger partial charge on any atom is 0.0192 e. The summed E-state index contributed by atoms with van der Waals surface area (Å²) in [4.78, 5) is 2.64. The molecule has 0 aromatic heterocycles. The lowest BCUT2D eigenvalue weighted by Gasteiger charge is -2.32. The molecule has 0 rings (SSSR count). The number of nitrogens with zero attached hydrogens (tertiary/aromatic N) is 1. The van der Waals surface area contributed by atoms with Gasteiger partial charge in [-0.05, 0) is 53.6 Å². The minimum absolute atomic E-state index is 0.232. The monoisotopic (exact) mass is 242 g/mol. The number of hydrogen-bond acceptors (Lipinski definition) is 2. The van der Waals surface area contributed by atoms with Crippen molar-refractivity contribution < 1.29 is 0 Å². The second-order valence-corrected chi connectivity index (χ2v) is 6.22. The maximum absolute atomic E-state index is 3.61. The summed E-state index contributed by atoms with van der Waals surface area (Å²) in [6.07, 6.45) is 5.23. The molecule has 0 aliphatic rings. The van der Waals surface area contributed by atoms with E-state index >= 15 is 0 Å². The van der Waals surface area contributed by atoms with E-state index in [1.165, 1.54) is 38.8 Å². The Morgan fingerprint density at radius 3 is 1.82 bits per heavy atom.